The molecule has 0 N–H and O–H groups in total. The van der Waals surface area contributed by atoms with Gasteiger partial charge in [0.15, 0.2) is 0 Å². The van der Waals surface area contributed by atoms with Crippen LogP contribution in [0.2, 0.25) is 0 Å². The van der Waals surface area contributed by atoms with E-state index in [2.05, 4.69) is 78.9 Å². The monoisotopic (exact) mass is 305 g/mol. The fourth-order valence-electron chi connectivity index (χ4n) is 2.75. The first-order valence-corrected chi connectivity index (χ1v) is 7.42. The number of pyridine rings is 1. The molecule has 0 saturated heterocycles. The summed E-state index contributed by atoms with van der Waals surface area (Å²) in [6, 6.07) is 10.7. The van der Waals surface area contributed by atoms with Crippen molar-refractivity contribution in [3.05, 3.63) is 41.6 Å². The summed E-state index contributed by atoms with van der Waals surface area (Å²) < 4.78 is 0. The van der Waals surface area contributed by atoms with Crippen LogP contribution in [-0.4, -0.2) is 9.81 Å². The Bertz CT molecular complexity index is 538. The normalized spacial score (nSPS) is 15.0. The molecule has 0 aliphatic carbocycles. The zero-order valence-corrected chi connectivity index (χ0v) is 13.0. The lowest BCUT2D eigenvalue weighted by Crippen LogP contribution is -2.16. The minimum atomic E-state index is 0.461. The van der Waals surface area contributed by atoms with E-state index >= 15 is 0 Å². The Hall–Kier alpha value is -0.890. The summed E-state index contributed by atoms with van der Waals surface area (Å²) in [5.74, 6) is 1.11. The number of rotatable bonds is 3. The number of aryl methyl sites for hydroxylation is 1. The van der Waals surface area contributed by atoms with Crippen LogP contribution in [0.3, 0.4) is 0 Å². The molecule has 2 rings (SSSR count). The maximum Gasteiger partial charge on any atom is 0.0708 e. The average molecular weight is 306 g/mol. The second-order valence-corrected chi connectivity index (χ2v) is 6.76. The molecular formula is C16H20BrN. The molecule has 0 saturated carbocycles. The Morgan fingerprint density at radius 2 is 1.78 bits per heavy atom. The van der Waals surface area contributed by atoms with E-state index < -0.39 is 0 Å². The number of nitrogens with zero attached hydrogens (tertiary/aromatic N) is 1. The summed E-state index contributed by atoms with van der Waals surface area (Å²) in [6.45, 7) is 8.88. The molecule has 1 nitrogen and oxygen atoms in total. The Morgan fingerprint density at radius 1 is 1.11 bits per heavy atom. The van der Waals surface area contributed by atoms with Crippen molar-refractivity contribution >= 4 is 26.8 Å². The number of benzene rings is 1. The van der Waals surface area contributed by atoms with Gasteiger partial charge in [0.05, 0.1) is 5.52 Å². The van der Waals surface area contributed by atoms with Gasteiger partial charge in [0.2, 0.25) is 0 Å². The summed E-state index contributed by atoms with van der Waals surface area (Å²) in [5.41, 5.74) is 3.62. The number of hydrogen-bond acceptors (Lipinski definition) is 1. The average Bonchev–Trinajstić information content (AvgIpc) is 2.27. The third-order valence-corrected chi connectivity index (χ3v) is 4.02. The number of alkyl halides is 1. The van der Waals surface area contributed by atoms with Crippen molar-refractivity contribution in [3.8, 4) is 0 Å². The highest BCUT2D eigenvalue weighted by molar-refractivity contribution is 9.09. The van der Waals surface area contributed by atoms with Gasteiger partial charge >= 0.3 is 0 Å². The molecule has 1 aromatic heterocycles. The third-order valence-electron chi connectivity index (χ3n) is 3.45. The van der Waals surface area contributed by atoms with Crippen molar-refractivity contribution in [2.24, 2.45) is 5.92 Å². The van der Waals surface area contributed by atoms with Crippen LogP contribution in [0, 0.1) is 12.8 Å². The number of halogens is 1. The van der Waals surface area contributed by atoms with Crippen LogP contribution in [0.25, 0.3) is 10.9 Å². The first kappa shape index (κ1) is 13.5. The van der Waals surface area contributed by atoms with Crippen molar-refractivity contribution < 1.29 is 0 Å². The van der Waals surface area contributed by atoms with E-state index in [-0.39, 0.29) is 0 Å². The molecule has 0 radical (unpaired) electrons. The molecule has 0 aliphatic rings. The molecule has 0 aliphatic heterocycles. The van der Waals surface area contributed by atoms with Crippen LogP contribution in [0.1, 0.15) is 37.9 Å². The Morgan fingerprint density at radius 3 is 2.39 bits per heavy atom. The first-order valence-electron chi connectivity index (χ1n) is 6.51. The van der Waals surface area contributed by atoms with Gasteiger partial charge in [-0.05, 0) is 36.5 Å². The summed E-state index contributed by atoms with van der Waals surface area (Å²) in [7, 11) is 0. The van der Waals surface area contributed by atoms with Gasteiger partial charge in [0.25, 0.3) is 0 Å². The molecule has 18 heavy (non-hydrogen) atoms. The van der Waals surface area contributed by atoms with E-state index in [0.29, 0.717) is 16.7 Å². The zero-order valence-electron chi connectivity index (χ0n) is 11.4. The van der Waals surface area contributed by atoms with Crippen LogP contribution < -0.4 is 0 Å². The maximum atomic E-state index is 4.62. The Balaban J connectivity index is 2.68. The number of para-hydroxylation sites is 1. The van der Waals surface area contributed by atoms with Crippen LogP contribution in [-0.2, 0) is 0 Å². The molecule has 96 valence electrons. The summed E-state index contributed by atoms with van der Waals surface area (Å²) >= 11 is 3.77. The van der Waals surface area contributed by atoms with Crippen molar-refractivity contribution in [2.45, 2.75) is 38.4 Å². The van der Waals surface area contributed by atoms with Crippen molar-refractivity contribution in [1.82, 2.24) is 4.98 Å². The van der Waals surface area contributed by atoms with E-state index in [1.807, 2.05) is 0 Å². The standard InChI is InChI=1S/C16H20BrN/c1-10(2)16(12(4)17)14-9-11(3)18-15-8-6-5-7-13(14)15/h5-10,12,16H,1-4H3. The van der Waals surface area contributed by atoms with Crippen LogP contribution >= 0.6 is 15.9 Å². The minimum absolute atomic E-state index is 0.461. The van der Waals surface area contributed by atoms with Gasteiger partial charge in [-0.1, -0.05) is 54.9 Å². The van der Waals surface area contributed by atoms with Gasteiger partial charge < -0.3 is 0 Å². The van der Waals surface area contributed by atoms with E-state index in [1.54, 1.807) is 0 Å². The first-order chi connectivity index (χ1) is 8.50. The van der Waals surface area contributed by atoms with Crippen molar-refractivity contribution in [1.29, 1.82) is 0 Å². The highest BCUT2D eigenvalue weighted by Crippen LogP contribution is 2.36. The zero-order chi connectivity index (χ0) is 13.3. The van der Waals surface area contributed by atoms with E-state index in [0.717, 1.165) is 11.2 Å². The van der Waals surface area contributed by atoms with Crippen LogP contribution in [0.5, 0.6) is 0 Å². The molecule has 0 amide bonds. The predicted octanol–water partition coefficient (Wildman–Crippen LogP) is 5.07. The number of aromatic nitrogens is 1. The highest BCUT2D eigenvalue weighted by Gasteiger charge is 2.23. The van der Waals surface area contributed by atoms with E-state index in [4.69, 9.17) is 0 Å². The van der Waals surface area contributed by atoms with Crippen molar-refractivity contribution in [3.63, 3.8) is 0 Å². The third kappa shape index (κ3) is 2.59. The number of hydrogen-bond donors (Lipinski definition) is 0. The van der Waals surface area contributed by atoms with Gasteiger partial charge in [0.1, 0.15) is 0 Å². The molecule has 2 atom stereocenters. The van der Waals surface area contributed by atoms with Gasteiger partial charge in [-0.3, -0.25) is 4.98 Å². The fourth-order valence-corrected chi connectivity index (χ4v) is 3.65. The van der Waals surface area contributed by atoms with E-state index in [1.165, 1.54) is 10.9 Å². The van der Waals surface area contributed by atoms with Gasteiger partial charge in [-0.2, -0.15) is 0 Å². The minimum Gasteiger partial charge on any atom is -0.253 e. The van der Waals surface area contributed by atoms with Crippen LogP contribution in [0.4, 0.5) is 0 Å². The molecule has 1 aromatic carbocycles. The molecular weight excluding hydrogens is 286 g/mol. The molecule has 0 spiro atoms. The largest absolute Gasteiger partial charge is 0.253 e. The second-order valence-electron chi connectivity index (χ2n) is 5.32. The van der Waals surface area contributed by atoms with E-state index in [9.17, 15) is 0 Å². The van der Waals surface area contributed by atoms with Crippen LogP contribution in [0.15, 0.2) is 30.3 Å². The molecule has 0 fully saturated rings. The fraction of sp³-hybridized carbons (Fsp3) is 0.438. The molecule has 2 heteroatoms. The Labute approximate surface area is 118 Å². The maximum absolute atomic E-state index is 4.62. The molecule has 0 bridgehead atoms. The smallest absolute Gasteiger partial charge is 0.0708 e. The predicted molar refractivity (Wildman–Crippen MR) is 82.4 cm³/mol. The van der Waals surface area contributed by atoms with Gasteiger partial charge in [0, 0.05) is 15.9 Å². The molecule has 1 heterocycles. The molecule has 2 aromatic rings. The van der Waals surface area contributed by atoms with Crippen molar-refractivity contribution in [2.75, 3.05) is 0 Å². The second kappa shape index (κ2) is 5.40. The SMILES string of the molecule is Cc1cc(C(C(C)C)C(C)Br)c2ccccc2n1. The lowest BCUT2D eigenvalue weighted by atomic mass is 9.84. The highest BCUT2D eigenvalue weighted by atomic mass is 79.9. The lowest BCUT2D eigenvalue weighted by molar-refractivity contribution is 0.501. The summed E-state index contributed by atoms with van der Waals surface area (Å²) in [6.07, 6.45) is 0. The lowest BCUT2D eigenvalue weighted by Gasteiger charge is -2.25. The molecule has 2 unspecified atom stereocenters. The quantitative estimate of drug-likeness (QED) is 0.722. The summed E-state index contributed by atoms with van der Waals surface area (Å²) in [4.78, 5) is 5.08. The topological polar surface area (TPSA) is 12.9 Å². The summed E-state index contributed by atoms with van der Waals surface area (Å²) in [5, 5.41) is 1.29. The van der Waals surface area contributed by atoms with Gasteiger partial charge in [-0.15, -0.1) is 0 Å². The Kier molecular flexibility index (Phi) is 4.06. The van der Waals surface area contributed by atoms with Gasteiger partial charge in [-0.25, -0.2) is 0 Å². The number of fused-ring (bicyclic) bond motifs is 1.